The number of para-hydroxylation sites is 1. The fourth-order valence-corrected chi connectivity index (χ4v) is 2.96. The van der Waals surface area contributed by atoms with Crippen LogP contribution < -0.4 is 21.3 Å². The van der Waals surface area contributed by atoms with Gasteiger partial charge >= 0.3 is 6.03 Å². The normalized spacial score (nSPS) is 16.6. The molecule has 136 valence electrons. The van der Waals surface area contributed by atoms with Crippen molar-refractivity contribution in [1.82, 2.24) is 5.32 Å². The van der Waals surface area contributed by atoms with Gasteiger partial charge in [0.25, 0.3) is 0 Å². The van der Waals surface area contributed by atoms with Gasteiger partial charge in [-0.3, -0.25) is 4.79 Å². The molecule has 6 heteroatoms. The number of benzene rings is 2. The molecular weight excluding hydrogens is 328 g/mol. The fourth-order valence-electron chi connectivity index (χ4n) is 2.96. The van der Waals surface area contributed by atoms with Crippen molar-refractivity contribution in [2.75, 3.05) is 29.0 Å². The maximum absolute atomic E-state index is 12.4. The molecule has 1 heterocycles. The molecule has 2 aromatic rings. The number of carbonyl (C=O) groups excluding carboxylic acids is 2. The maximum atomic E-state index is 12.4. The van der Waals surface area contributed by atoms with Crippen LogP contribution in [0.15, 0.2) is 48.5 Å². The van der Waals surface area contributed by atoms with Crippen molar-refractivity contribution in [3.8, 4) is 0 Å². The Morgan fingerprint density at radius 1 is 1.00 bits per heavy atom. The monoisotopic (exact) mass is 352 g/mol. The molecule has 0 bridgehead atoms. The zero-order valence-corrected chi connectivity index (χ0v) is 14.8. The molecule has 1 fully saturated rings. The first-order valence-electron chi connectivity index (χ1n) is 8.87. The van der Waals surface area contributed by atoms with Gasteiger partial charge in [-0.1, -0.05) is 24.3 Å². The third-order valence-corrected chi connectivity index (χ3v) is 4.45. The number of urea groups is 1. The summed E-state index contributed by atoms with van der Waals surface area (Å²) in [4.78, 5) is 24.6. The van der Waals surface area contributed by atoms with E-state index < -0.39 is 0 Å². The molecule has 4 N–H and O–H groups in total. The molecule has 3 rings (SSSR count). The van der Waals surface area contributed by atoms with E-state index in [0.29, 0.717) is 12.2 Å². The van der Waals surface area contributed by atoms with Crippen LogP contribution in [0.3, 0.4) is 0 Å². The van der Waals surface area contributed by atoms with Crippen LogP contribution in [-0.2, 0) is 4.79 Å². The topological polar surface area (TPSA) is 82.3 Å². The van der Waals surface area contributed by atoms with Gasteiger partial charge in [-0.15, -0.1) is 0 Å². The van der Waals surface area contributed by atoms with E-state index in [2.05, 4.69) is 21.3 Å². The molecular formula is C20H24N4O2. The first kappa shape index (κ1) is 17.9. The van der Waals surface area contributed by atoms with E-state index in [4.69, 9.17) is 0 Å². The van der Waals surface area contributed by atoms with E-state index in [-0.39, 0.29) is 17.9 Å². The van der Waals surface area contributed by atoms with E-state index in [0.717, 1.165) is 36.3 Å². The molecule has 3 amide bonds. The van der Waals surface area contributed by atoms with Crippen molar-refractivity contribution in [3.63, 3.8) is 0 Å². The van der Waals surface area contributed by atoms with Crippen LogP contribution in [0.5, 0.6) is 0 Å². The van der Waals surface area contributed by atoms with Crippen LogP contribution in [0, 0.1) is 12.8 Å². The van der Waals surface area contributed by atoms with Crippen LogP contribution in [0.2, 0.25) is 0 Å². The summed E-state index contributed by atoms with van der Waals surface area (Å²) >= 11 is 0. The summed E-state index contributed by atoms with van der Waals surface area (Å²) in [7, 11) is 0. The van der Waals surface area contributed by atoms with Crippen LogP contribution in [0.1, 0.15) is 18.4 Å². The van der Waals surface area contributed by atoms with E-state index in [9.17, 15) is 9.59 Å². The number of anilines is 3. The molecule has 0 aliphatic carbocycles. The van der Waals surface area contributed by atoms with Crippen LogP contribution in [0.25, 0.3) is 0 Å². The van der Waals surface area contributed by atoms with Gasteiger partial charge in [0.05, 0.1) is 5.92 Å². The molecule has 2 aromatic carbocycles. The number of carbonyl (C=O) groups is 2. The van der Waals surface area contributed by atoms with E-state index in [1.807, 2.05) is 49.4 Å². The fraction of sp³-hybridized carbons (Fsp3) is 0.300. The van der Waals surface area contributed by atoms with Crippen molar-refractivity contribution in [2.24, 2.45) is 5.92 Å². The average molecular weight is 352 g/mol. The Hall–Kier alpha value is -2.86. The van der Waals surface area contributed by atoms with E-state index in [1.165, 1.54) is 0 Å². The Balaban J connectivity index is 1.63. The summed E-state index contributed by atoms with van der Waals surface area (Å²) in [6.45, 7) is 3.61. The third-order valence-electron chi connectivity index (χ3n) is 4.45. The Morgan fingerprint density at radius 3 is 2.50 bits per heavy atom. The minimum Gasteiger partial charge on any atom is -0.325 e. The van der Waals surface area contributed by atoms with Gasteiger partial charge in [0.1, 0.15) is 0 Å². The number of hydrogen-bond acceptors (Lipinski definition) is 3. The SMILES string of the molecule is Cc1ccc(NC(=O)Nc2ccccc2)cc1NC(=O)C1CCCNC1. The van der Waals surface area contributed by atoms with Crippen LogP contribution in [-0.4, -0.2) is 25.0 Å². The summed E-state index contributed by atoms with van der Waals surface area (Å²) in [5.74, 6) is 0.00679. The zero-order valence-electron chi connectivity index (χ0n) is 14.8. The average Bonchev–Trinajstić information content (AvgIpc) is 2.66. The smallest absolute Gasteiger partial charge is 0.323 e. The quantitative estimate of drug-likeness (QED) is 0.679. The Labute approximate surface area is 153 Å². The highest BCUT2D eigenvalue weighted by molar-refractivity contribution is 6.00. The highest BCUT2D eigenvalue weighted by atomic mass is 16.2. The molecule has 1 aliphatic heterocycles. The molecule has 0 saturated carbocycles. The molecule has 0 aromatic heterocycles. The second-order valence-corrected chi connectivity index (χ2v) is 6.51. The van der Waals surface area contributed by atoms with Crippen molar-refractivity contribution >= 4 is 29.0 Å². The van der Waals surface area contributed by atoms with Crippen LogP contribution >= 0.6 is 0 Å². The van der Waals surface area contributed by atoms with Gasteiger partial charge in [-0.25, -0.2) is 4.79 Å². The van der Waals surface area contributed by atoms with Crippen molar-refractivity contribution < 1.29 is 9.59 Å². The van der Waals surface area contributed by atoms with Gasteiger partial charge in [-0.2, -0.15) is 0 Å². The first-order valence-corrected chi connectivity index (χ1v) is 8.87. The predicted octanol–water partition coefficient (Wildman–Crippen LogP) is 3.58. The molecule has 1 aliphatic rings. The van der Waals surface area contributed by atoms with Crippen molar-refractivity contribution in [1.29, 1.82) is 0 Å². The highest BCUT2D eigenvalue weighted by Crippen LogP contribution is 2.22. The van der Waals surface area contributed by atoms with E-state index in [1.54, 1.807) is 6.07 Å². The minimum atomic E-state index is -0.325. The molecule has 1 unspecified atom stereocenters. The largest absolute Gasteiger partial charge is 0.325 e. The number of rotatable bonds is 4. The Morgan fingerprint density at radius 2 is 1.77 bits per heavy atom. The minimum absolute atomic E-state index is 0.0128. The molecule has 0 radical (unpaired) electrons. The van der Waals surface area contributed by atoms with Crippen LogP contribution in [0.4, 0.5) is 21.9 Å². The third kappa shape index (κ3) is 4.83. The molecule has 6 nitrogen and oxygen atoms in total. The van der Waals surface area contributed by atoms with Crippen molar-refractivity contribution in [3.05, 3.63) is 54.1 Å². The summed E-state index contributed by atoms with van der Waals surface area (Å²) in [5, 5.41) is 11.8. The lowest BCUT2D eigenvalue weighted by molar-refractivity contribution is -0.120. The highest BCUT2D eigenvalue weighted by Gasteiger charge is 2.21. The van der Waals surface area contributed by atoms with Gasteiger partial charge in [0, 0.05) is 23.6 Å². The second-order valence-electron chi connectivity index (χ2n) is 6.51. The van der Waals surface area contributed by atoms with Gasteiger partial charge < -0.3 is 21.3 Å². The molecule has 26 heavy (non-hydrogen) atoms. The predicted molar refractivity (Wildman–Crippen MR) is 104 cm³/mol. The van der Waals surface area contributed by atoms with E-state index >= 15 is 0 Å². The molecule has 1 atom stereocenters. The standard InChI is InChI=1S/C20H24N4O2/c1-14-9-10-17(23-20(26)22-16-7-3-2-4-8-16)12-18(14)24-19(25)15-6-5-11-21-13-15/h2-4,7-10,12,15,21H,5-6,11,13H2,1H3,(H,24,25)(H2,22,23,26). The Bertz CT molecular complexity index is 771. The summed E-state index contributed by atoms with van der Waals surface area (Å²) in [5.41, 5.74) is 3.02. The number of piperidine rings is 1. The zero-order chi connectivity index (χ0) is 18.4. The second kappa shape index (κ2) is 8.49. The van der Waals surface area contributed by atoms with Gasteiger partial charge in [0.15, 0.2) is 0 Å². The lowest BCUT2D eigenvalue weighted by atomic mass is 9.98. The van der Waals surface area contributed by atoms with Gasteiger partial charge in [-0.05, 0) is 56.1 Å². The first-order chi connectivity index (χ1) is 12.6. The summed E-state index contributed by atoms with van der Waals surface area (Å²) in [6, 6.07) is 14.4. The summed E-state index contributed by atoms with van der Waals surface area (Å²) < 4.78 is 0. The Kier molecular flexibility index (Phi) is 5.86. The number of aryl methyl sites for hydroxylation is 1. The number of nitrogens with one attached hydrogen (secondary N) is 4. The lowest BCUT2D eigenvalue weighted by Crippen LogP contribution is -2.37. The molecule has 1 saturated heterocycles. The van der Waals surface area contributed by atoms with Gasteiger partial charge in [0.2, 0.25) is 5.91 Å². The maximum Gasteiger partial charge on any atom is 0.323 e. The summed E-state index contributed by atoms with van der Waals surface area (Å²) in [6.07, 6.45) is 1.91. The molecule has 0 spiro atoms. The lowest BCUT2D eigenvalue weighted by Gasteiger charge is -2.22. The number of amides is 3. The van der Waals surface area contributed by atoms with Crippen molar-refractivity contribution in [2.45, 2.75) is 19.8 Å². The number of hydrogen-bond donors (Lipinski definition) is 4.